The van der Waals surface area contributed by atoms with Crippen LogP contribution in [0, 0.1) is 0 Å². The maximum atomic E-state index is 12.1. The molecular formula is C12H7Cl2N3O5. The first-order valence-electron chi connectivity index (χ1n) is 6.00. The number of carbonyl (C=O) groups is 2. The number of hydrogen-bond donors (Lipinski definition) is 3. The van der Waals surface area contributed by atoms with Gasteiger partial charge in [-0.3, -0.25) is 23.7 Å². The molecule has 2 aromatic rings. The summed E-state index contributed by atoms with van der Waals surface area (Å²) in [5.74, 6) is -2.04. The smallest absolute Gasteiger partial charge is 0.317 e. The average molecular weight is 344 g/mol. The van der Waals surface area contributed by atoms with E-state index in [2.05, 4.69) is 10.3 Å². The maximum absolute atomic E-state index is 12.1. The van der Waals surface area contributed by atoms with Gasteiger partial charge in [0.2, 0.25) is 5.91 Å². The number of anilines is 1. The number of aliphatic carboxylic acids is 1. The van der Waals surface area contributed by atoms with Gasteiger partial charge in [-0.15, -0.1) is 0 Å². The van der Waals surface area contributed by atoms with E-state index in [-0.39, 0.29) is 26.8 Å². The molecule has 22 heavy (non-hydrogen) atoms. The summed E-state index contributed by atoms with van der Waals surface area (Å²) in [5.41, 5.74) is -1.66. The van der Waals surface area contributed by atoms with E-state index in [4.69, 9.17) is 28.3 Å². The van der Waals surface area contributed by atoms with Crippen LogP contribution in [-0.4, -0.2) is 26.5 Å². The van der Waals surface area contributed by atoms with Crippen molar-refractivity contribution < 1.29 is 14.7 Å². The maximum Gasteiger partial charge on any atom is 0.317 e. The lowest BCUT2D eigenvalue weighted by Crippen LogP contribution is -2.45. The molecule has 2 heterocycles. The SMILES string of the molecule is O=C(O)CC1C(=O)Nc2c(Cl)c(Cl)cc3[nH]c(=O)c(=O)n1c23. The molecule has 0 saturated carbocycles. The molecule has 10 heteroatoms. The summed E-state index contributed by atoms with van der Waals surface area (Å²) in [7, 11) is 0. The third-order valence-corrected chi connectivity index (χ3v) is 4.11. The number of rotatable bonds is 2. The van der Waals surface area contributed by atoms with Gasteiger partial charge in [0.25, 0.3) is 0 Å². The third-order valence-electron chi connectivity index (χ3n) is 3.32. The lowest BCUT2D eigenvalue weighted by molar-refractivity contribution is -0.139. The summed E-state index contributed by atoms with van der Waals surface area (Å²) in [6, 6.07) is -0.0189. The van der Waals surface area contributed by atoms with E-state index in [1.54, 1.807) is 0 Å². The molecule has 8 nitrogen and oxygen atoms in total. The highest BCUT2D eigenvalue weighted by Crippen LogP contribution is 2.39. The van der Waals surface area contributed by atoms with Crippen molar-refractivity contribution in [3.05, 3.63) is 36.8 Å². The number of nitrogens with zero attached hydrogens (tertiary/aromatic N) is 1. The van der Waals surface area contributed by atoms with Gasteiger partial charge >= 0.3 is 17.1 Å². The molecule has 1 aromatic heterocycles. The highest BCUT2D eigenvalue weighted by Gasteiger charge is 2.34. The number of benzene rings is 1. The Hall–Kier alpha value is -2.32. The van der Waals surface area contributed by atoms with E-state index in [0.717, 1.165) is 4.57 Å². The van der Waals surface area contributed by atoms with E-state index < -0.39 is 35.5 Å². The van der Waals surface area contributed by atoms with Gasteiger partial charge in [0.05, 0.1) is 33.2 Å². The number of aromatic amines is 1. The number of halogens is 2. The molecule has 3 rings (SSSR count). The predicted octanol–water partition coefficient (Wildman–Crippen LogP) is 0.964. The number of amides is 1. The molecule has 1 aliphatic heterocycles. The molecule has 0 fully saturated rings. The zero-order valence-electron chi connectivity index (χ0n) is 10.6. The van der Waals surface area contributed by atoms with Gasteiger partial charge in [-0.05, 0) is 6.07 Å². The molecule has 1 atom stereocenters. The van der Waals surface area contributed by atoms with Crippen molar-refractivity contribution in [2.45, 2.75) is 12.5 Å². The molecule has 0 radical (unpaired) electrons. The normalized spacial score (nSPS) is 16.6. The molecule has 0 bridgehead atoms. The standard InChI is InChI=1S/C12H7Cl2N3O5/c13-3-1-4-9-8(7(3)14)16-10(20)5(2-6(18)19)17(9)12(22)11(21)15-4/h1,5H,2H2,(H,15,21)(H,16,20)(H,18,19). The molecule has 1 aliphatic rings. The number of hydrogen-bond acceptors (Lipinski definition) is 4. The Morgan fingerprint density at radius 2 is 2.00 bits per heavy atom. The molecule has 0 saturated heterocycles. The monoisotopic (exact) mass is 343 g/mol. The minimum atomic E-state index is -1.35. The molecule has 114 valence electrons. The second-order valence-electron chi connectivity index (χ2n) is 4.68. The minimum Gasteiger partial charge on any atom is -0.481 e. The first kappa shape index (κ1) is 14.6. The fourth-order valence-electron chi connectivity index (χ4n) is 2.43. The van der Waals surface area contributed by atoms with E-state index in [0.29, 0.717) is 0 Å². The minimum absolute atomic E-state index is 0.00325. The first-order chi connectivity index (χ1) is 10.3. The summed E-state index contributed by atoms with van der Waals surface area (Å²) in [5, 5.41) is 11.4. The Morgan fingerprint density at radius 3 is 2.64 bits per heavy atom. The number of carboxylic acids is 1. The van der Waals surface area contributed by atoms with Gasteiger partial charge in [-0.25, -0.2) is 0 Å². The molecule has 1 aromatic carbocycles. The Labute approximate surface area is 131 Å². The molecule has 0 aliphatic carbocycles. The van der Waals surface area contributed by atoms with E-state index in [1.807, 2.05) is 0 Å². The van der Waals surface area contributed by atoms with Crippen LogP contribution in [0.15, 0.2) is 15.7 Å². The van der Waals surface area contributed by atoms with Crippen molar-refractivity contribution in [1.29, 1.82) is 0 Å². The Kier molecular flexibility index (Phi) is 3.22. The number of H-pyrrole nitrogens is 1. The van der Waals surface area contributed by atoms with Crippen molar-refractivity contribution in [2.75, 3.05) is 5.32 Å². The first-order valence-corrected chi connectivity index (χ1v) is 6.76. The number of carbonyl (C=O) groups excluding carboxylic acids is 1. The zero-order valence-corrected chi connectivity index (χ0v) is 12.2. The fourth-order valence-corrected chi connectivity index (χ4v) is 2.83. The summed E-state index contributed by atoms with van der Waals surface area (Å²) in [4.78, 5) is 49.2. The van der Waals surface area contributed by atoms with Crippen LogP contribution in [0.4, 0.5) is 5.69 Å². The van der Waals surface area contributed by atoms with Gasteiger partial charge in [-0.2, -0.15) is 0 Å². The molecule has 1 unspecified atom stereocenters. The van der Waals surface area contributed by atoms with Crippen LogP contribution in [0.3, 0.4) is 0 Å². The Morgan fingerprint density at radius 1 is 1.32 bits per heavy atom. The van der Waals surface area contributed by atoms with Crippen molar-refractivity contribution in [1.82, 2.24) is 9.55 Å². The highest BCUT2D eigenvalue weighted by molar-refractivity contribution is 6.45. The second kappa shape index (κ2) is 4.85. The van der Waals surface area contributed by atoms with Crippen LogP contribution < -0.4 is 16.4 Å². The van der Waals surface area contributed by atoms with E-state index in [1.165, 1.54) is 6.07 Å². The zero-order chi connectivity index (χ0) is 16.2. The third kappa shape index (κ3) is 1.99. The average Bonchev–Trinajstić information content (AvgIpc) is 2.43. The topological polar surface area (TPSA) is 121 Å². The Balaban J connectivity index is 2.50. The summed E-state index contributed by atoms with van der Waals surface area (Å²) < 4.78 is 0.846. The van der Waals surface area contributed by atoms with Gasteiger partial charge in [0.15, 0.2) is 0 Å². The second-order valence-corrected chi connectivity index (χ2v) is 5.46. The fraction of sp³-hybridized carbons (Fsp3) is 0.167. The summed E-state index contributed by atoms with van der Waals surface area (Å²) in [6.45, 7) is 0. The lowest BCUT2D eigenvalue weighted by atomic mass is 10.1. The molecule has 1 amide bonds. The van der Waals surface area contributed by atoms with Gasteiger partial charge in [0, 0.05) is 0 Å². The van der Waals surface area contributed by atoms with Crippen molar-refractivity contribution in [3.8, 4) is 0 Å². The van der Waals surface area contributed by atoms with Crippen LogP contribution in [0.2, 0.25) is 10.0 Å². The summed E-state index contributed by atoms with van der Waals surface area (Å²) >= 11 is 11.9. The number of aromatic nitrogens is 2. The van der Waals surface area contributed by atoms with E-state index >= 15 is 0 Å². The van der Waals surface area contributed by atoms with Crippen LogP contribution in [0.5, 0.6) is 0 Å². The van der Waals surface area contributed by atoms with Crippen LogP contribution in [-0.2, 0) is 9.59 Å². The van der Waals surface area contributed by atoms with Crippen LogP contribution >= 0.6 is 23.2 Å². The number of carboxylic acid groups (broad SMARTS) is 1. The van der Waals surface area contributed by atoms with Gasteiger partial charge in [0.1, 0.15) is 6.04 Å². The largest absolute Gasteiger partial charge is 0.481 e. The van der Waals surface area contributed by atoms with Gasteiger partial charge < -0.3 is 15.4 Å². The lowest BCUT2D eigenvalue weighted by Gasteiger charge is -2.27. The van der Waals surface area contributed by atoms with Crippen molar-refractivity contribution in [3.63, 3.8) is 0 Å². The quantitative estimate of drug-likeness (QED) is 0.701. The Bertz CT molecular complexity index is 962. The van der Waals surface area contributed by atoms with Crippen molar-refractivity contribution >= 4 is 51.8 Å². The van der Waals surface area contributed by atoms with E-state index in [9.17, 15) is 19.2 Å². The molecule has 3 N–H and O–H groups in total. The van der Waals surface area contributed by atoms with Crippen LogP contribution in [0.25, 0.3) is 11.0 Å². The van der Waals surface area contributed by atoms with Gasteiger partial charge in [-0.1, -0.05) is 23.2 Å². The molecule has 0 spiro atoms. The van der Waals surface area contributed by atoms with Crippen LogP contribution in [0.1, 0.15) is 12.5 Å². The van der Waals surface area contributed by atoms with Crippen molar-refractivity contribution in [2.24, 2.45) is 0 Å². The molecular weight excluding hydrogens is 337 g/mol. The highest BCUT2D eigenvalue weighted by atomic mass is 35.5. The summed E-state index contributed by atoms with van der Waals surface area (Å²) in [6.07, 6.45) is -0.649. The predicted molar refractivity (Wildman–Crippen MR) is 78.8 cm³/mol. The number of nitrogens with one attached hydrogen (secondary N) is 2.